The number of hydrogen-bond donors (Lipinski definition) is 2. The molecule has 2 unspecified atom stereocenters. The SMILES string of the molecule is COC(C)CNC1CCCNC(=O)C1. The Balaban J connectivity index is 2.24. The normalized spacial score (nSPS) is 25.3. The van der Waals surface area contributed by atoms with E-state index in [1.165, 1.54) is 0 Å². The molecule has 0 aromatic carbocycles. The Hall–Kier alpha value is -0.610. The van der Waals surface area contributed by atoms with E-state index in [9.17, 15) is 4.79 Å². The summed E-state index contributed by atoms with van der Waals surface area (Å²) >= 11 is 0. The predicted octanol–water partition coefficient (Wildman–Crippen LogP) is 0.280. The number of nitrogens with one attached hydrogen (secondary N) is 2. The molecule has 1 amide bonds. The predicted molar refractivity (Wildman–Crippen MR) is 55.1 cm³/mol. The van der Waals surface area contributed by atoms with Gasteiger partial charge >= 0.3 is 0 Å². The van der Waals surface area contributed by atoms with Gasteiger partial charge in [-0.25, -0.2) is 0 Å². The average Bonchev–Trinajstić information content (AvgIpc) is 2.39. The van der Waals surface area contributed by atoms with Crippen molar-refractivity contribution < 1.29 is 9.53 Å². The average molecular weight is 200 g/mol. The summed E-state index contributed by atoms with van der Waals surface area (Å²) in [7, 11) is 1.70. The maximum absolute atomic E-state index is 11.2. The van der Waals surface area contributed by atoms with E-state index in [2.05, 4.69) is 10.6 Å². The van der Waals surface area contributed by atoms with Crippen LogP contribution >= 0.6 is 0 Å². The van der Waals surface area contributed by atoms with Gasteiger partial charge in [0.05, 0.1) is 6.10 Å². The Bertz CT molecular complexity index is 185. The molecule has 1 aliphatic rings. The van der Waals surface area contributed by atoms with Gasteiger partial charge in [-0.2, -0.15) is 0 Å². The molecule has 14 heavy (non-hydrogen) atoms. The Kier molecular flexibility index (Phi) is 4.90. The zero-order valence-electron chi connectivity index (χ0n) is 9.01. The number of carbonyl (C=O) groups excluding carboxylic acids is 1. The molecule has 2 atom stereocenters. The summed E-state index contributed by atoms with van der Waals surface area (Å²) in [6, 6.07) is 0.315. The van der Waals surface area contributed by atoms with Crippen molar-refractivity contribution in [2.24, 2.45) is 0 Å². The van der Waals surface area contributed by atoms with Crippen LogP contribution in [0.25, 0.3) is 0 Å². The Morgan fingerprint density at radius 3 is 3.21 bits per heavy atom. The molecule has 0 aliphatic carbocycles. The van der Waals surface area contributed by atoms with E-state index in [0.29, 0.717) is 12.5 Å². The Labute approximate surface area is 85.4 Å². The number of carbonyl (C=O) groups is 1. The molecule has 0 bridgehead atoms. The van der Waals surface area contributed by atoms with Gasteiger partial charge < -0.3 is 15.4 Å². The van der Waals surface area contributed by atoms with Crippen LogP contribution < -0.4 is 10.6 Å². The van der Waals surface area contributed by atoms with Crippen molar-refractivity contribution in [1.82, 2.24) is 10.6 Å². The van der Waals surface area contributed by atoms with Crippen LogP contribution in [0, 0.1) is 0 Å². The molecule has 1 saturated heterocycles. The van der Waals surface area contributed by atoms with Crippen molar-refractivity contribution in [1.29, 1.82) is 0 Å². The van der Waals surface area contributed by atoms with Gasteiger partial charge in [-0.3, -0.25) is 4.79 Å². The molecular weight excluding hydrogens is 180 g/mol. The van der Waals surface area contributed by atoms with Gasteiger partial charge in [0.2, 0.25) is 5.91 Å². The highest BCUT2D eigenvalue weighted by atomic mass is 16.5. The molecule has 1 heterocycles. The van der Waals surface area contributed by atoms with Crippen molar-refractivity contribution in [2.45, 2.75) is 38.3 Å². The number of rotatable bonds is 4. The summed E-state index contributed by atoms with van der Waals surface area (Å²) in [5.74, 6) is 0.157. The first-order valence-corrected chi connectivity index (χ1v) is 5.25. The summed E-state index contributed by atoms with van der Waals surface area (Å²) in [5.41, 5.74) is 0. The minimum atomic E-state index is 0.157. The van der Waals surface area contributed by atoms with Crippen LogP contribution in [0.15, 0.2) is 0 Å². The molecular formula is C10H20N2O2. The van der Waals surface area contributed by atoms with Crippen LogP contribution in [0.5, 0.6) is 0 Å². The third kappa shape index (κ3) is 4.07. The molecule has 2 N–H and O–H groups in total. The Morgan fingerprint density at radius 2 is 2.50 bits per heavy atom. The van der Waals surface area contributed by atoms with Crippen molar-refractivity contribution in [2.75, 3.05) is 20.2 Å². The van der Waals surface area contributed by atoms with Crippen LogP contribution in [-0.4, -0.2) is 38.3 Å². The lowest BCUT2D eigenvalue weighted by molar-refractivity contribution is -0.121. The first-order valence-electron chi connectivity index (χ1n) is 5.25. The summed E-state index contributed by atoms with van der Waals surface area (Å²) in [6.07, 6.45) is 2.93. The van der Waals surface area contributed by atoms with Gasteiger partial charge in [0, 0.05) is 32.7 Å². The fraction of sp³-hybridized carbons (Fsp3) is 0.900. The maximum atomic E-state index is 11.2. The van der Waals surface area contributed by atoms with E-state index >= 15 is 0 Å². The van der Waals surface area contributed by atoms with E-state index in [-0.39, 0.29) is 12.0 Å². The van der Waals surface area contributed by atoms with Crippen LogP contribution in [-0.2, 0) is 9.53 Å². The molecule has 0 radical (unpaired) electrons. The lowest BCUT2D eigenvalue weighted by Crippen LogP contribution is -2.37. The number of hydrogen-bond acceptors (Lipinski definition) is 3. The van der Waals surface area contributed by atoms with Crippen LogP contribution in [0.3, 0.4) is 0 Å². The first kappa shape index (κ1) is 11.5. The molecule has 0 aromatic rings. The quantitative estimate of drug-likeness (QED) is 0.685. The molecule has 82 valence electrons. The highest BCUT2D eigenvalue weighted by Gasteiger charge is 2.16. The fourth-order valence-corrected chi connectivity index (χ4v) is 1.56. The molecule has 0 aromatic heterocycles. The standard InChI is InChI=1S/C10H20N2O2/c1-8(14-2)7-12-9-4-3-5-11-10(13)6-9/h8-9,12H,3-7H2,1-2H3,(H,11,13). The van der Waals surface area contributed by atoms with E-state index in [4.69, 9.17) is 4.74 Å². The van der Waals surface area contributed by atoms with E-state index in [1.807, 2.05) is 6.92 Å². The maximum Gasteiger partial charge on any atom is 0.221 e. The van der Waals surface area contributed by atoms with E-state index in [1.54, 1.807) is 7.11 Å². The molecule has 4 heteroatoms. The lowest BCUT2D eigenvalue weighted by Gasteiger charge is -2.17. The number of methoxy groups -OCH3 is 1. The number of ether oxygens (including phenoxy) is 1. The second kappa shape index (κ2) is 5.98. The van der Waals surface area contributed by atoms with Crippen molar-refractivity contribution in [3.8, 4) is 0 Å². The fourth-order valence-electron chi connectivity index (χ4n) is 1.56. The Morgan fingerprint density at radius 1 is 1.71 bits per heavy atom. The minimum Gasteiger partial charge on any atom is -0.380 e. The lowest BCUT2D eigenvalue weighted by atomic mass is 10.1. The van der Waals surface area contributed by atoms with Crippen molar-refractivity contribution >= 4 is 5.91 Å². The summed E-state index contributed by atoms with van der Waals surface area (Å²) in [5, 5.41) is 6.22. The zero-order valence-corrected chi connectivity index (χ0v) is 9.01. The molecule has 1 fully saturated rings. The van der Waals surface area contributed by atoms with Gasteiger partial charge in [0.15, 0.2) is 0 Å². The van der Waals surface area contributed by atoms with Crippen LogP contribution in [0.1, 0.15) is 26.2 Å². The second-order valence-electron chi connectivity index (χ2n) is 3.85. The smallest absolute Gasteiger partial charge is 0.221 e. The van der Waals surface area contributed by atoms with Crippen molar-refractivity contribution in [3.63, 3.8) is 0 Å². The first-order chi connectivity index (χ1) is 6.72. The third-order valence-electron chi connectivity index (χ3n) is 2.58. The largest absolute Gasteiger partial charge is 0.380 e. The monoisotopic (exact) mass is 200 g/mol. The summed E-state index contributed by atoms with van der Waals surface area (Å²) in [6.45, 7) is 3.65. The highest BCUT2D eigenvalue weighted by Crippen LogP contribution is 2.05. The van der Waals surface area contributed by atoms with Gasteiger partial charge in [-0.1, -0.05) is 0 Å². The van der Waals surface area contributed by atoms with Gasteiger partial charge in [-0.05, 0) is 19.8 Å². The van der Waals surface area contributed by atoms with Gasteiger partial charge in [0.25, 0.3) is 0 Å². The minimum absolute atomic E-state index is 0.157. The zero-order chi connectivity index (χ0) is 10.4. The molecule has 0 spiro atoms. The van der Waals surface area contributed by atoms with Gasteiger partial charge in [0.1, 0.15) is 0 Å². The topological polar surface area (TPSA) is 50.4 Å². The van der Waals surface area contributed by atoms with Crippen LogP contribution in [0.2, 0.25) is 0 Å². The summed E-state index contributed by atoms with van der Waals surface area (Å²) < 4.78 is 5.14. The van der Waals surface area contributed by atoms with Gasteiger partial charge in [-0.15, -0.1) is 0 Å². The number of amides is 1. The van der Waals surface area contributed by atoms with E-state index in [0.717, 1.165) is 25.9 Å². The van der Waals surface area contributed by atoms with E-state index < -0.39 is 0 Å². The van der Waals surface area contributed by atoms with Crippen LogP contribution in [0.4, 0.5) is 0 Å². The molecule has 0 saturated carbocycles. The summed E-state index contributed by atoms with van der Waals surface area (Å²) in [4.78, 5) is 11.2. The molecule has 1 aliphatic heterocycles. The second-order valence-corrected chi connectivity index (χ2v) is 3.85. The third-order valence-corrected chi connectivity index (χ3v) is 2.58. The molecule has 4 nitrogen and oxygen atoms in total. The van der Waals surface area contributed by atoms with Crippen molar-refractivity contribution in [3.05, 3.63) is 0 Å². The molecule has 1 rings (SSSR count). The highest BCUT2D eigenvalue weighted by molar-refractivity contribution is 5.76.